The van der Waals surface area contributed by atoms with E-state index >= 15 is 0 Å². The number of aliphatic hydroxyl groups is 1. The predicted octanol–water partition coefficient (Wildman–Crippen LogP) is 2.57. The Hall–Kier alpha value is -1.52. The van der Waals surface area contributed by atoms with Crippen molar-refractivity contribution in [1.29, 1.82) is 0 Å². The van der Waals surface area contributed by atoms with Crippen LogP contribution >= 0.6 is 11.6 Å². The molecule has 2 rings (SSSR count). The maximum absolute atomic E-state index is 11.9. The molecule has 0 aliphatic heterocycles. The van der Waals surface area contributed by atoms with E-state index in [0.717, 1.165) is 10.9 Å². The number of aromatic nitrogens is 1. The molecule has 1 atom stereocenters. The van der Waals surface area contributed by atoms with Gasteiger partial charge in [0.2, 0.25) is 0 Å². The Bertz CT molecular complexity index is 592. The molecular weight excluding hydrogens is 264 g/mol. The Morgan fingerprint density at radius 2 is 2.16 bits per heavy atom. The molecule has 0 saturated carbocycles. The van der Waals surface area contributed by atoms with E-state index in [0.29, 0.717) is 10.7 Å². The van der Waals surface area contributed by atoms with Gasteiger partial charge >= 0.3 is 0 Å². The van der Waals surface area contributed by atoms with E-state index in [-0.39, 0.29) is 18.4 Å². The zero-order chi connectivity index (χ0) is 14.0. The van der Waals surface area contributed by atoms with E-state index in [2.05, 4.69) is 10.3 Å². The van der Waals surface area contributed by atoms with Gasteiger partial charge in [-0.1, -0.05) is 31.5 Å². The summed E-state index contributed by atoms with van der Waals surface area (Å²) in [6.45, 7) is 4.05. The normalized spacial score (nSPS) is 12.9. The third kappa shape index (κ3) is 3.28. The number of aliphatic hydroxyl groups excluding tert-OH is 1. The van der Waals surface area contributed by atoms with Gasteiger partial charge in [-0.3, -0.25) is 4.79 Å². The second-order valence-corrected chi connectivity index (χ2v) is 5.37. The van der Waals surface area contributed by atoms with Gasteiger partial charge in [-0.25, -0.2) is 0 Å². The average Bonchev–Trinajstić information content (AvgIpc) is 2.78. The highest BCUT2D eigenvalue weighted by molar-refractivity contribution is 6.31. The average molecular weight is 281 g/mol. The molecule has 0 spiro atoms. The van der Waals surface area contributed by atoms with E-state index in [1.165, 1.54) is 0 Å². The maximum atomic E-state index is 11.9. The van der Waals surface area contributed by atoms with Crippen LogP contribution < -0.4 is 5.32 Å². The van der Waals surface area contributed by atoms with Crippen LogP contribution in [0.3, 0.4) is 0 Å². The fraction of sp³-hybridized carbons (Fsp3) is 0.357. The molecule has 0 radical (unpaired) electrons. The quantitative estimate of drug-likeness (QED) is 0.806. The Kier molecular flexibility index (Phi) is 4.12. The number of hydrogen-bond donors (Lipinski definition) is 3. The van der Waals surface area contributed by atoms with Crippen molar-refractivity contribution >= 4 is 28.4 Å². The second kappa shape index (κ2) is 5.63. The Morgan fingerprint density at radius 3 is 2.84 bits per heavy atom. The number of carbonyl (C=O) groups excluding carboxylic acids is 1. The third-order valence-electron chi connectivity index (χ3n) is 3.07. The summed E-state index contributed by atoms with van der Waals surface area (Å²) in [5.74, 6) is -0.117. The summed E-state index contributed by atoms with van der Waals surface area (Å²) in [6, 6.07) is 7.18. The second-order valence-electron chi connectivity index (χ2n) is 4.94. The molecule has 2 aromatic rings. The van der Waals surface area contributed by atoms with Gasteiger partial charge in [-0.2, -0.15) is 0 Å². The van der Waals surface area contributed by atoms with Crippen molar-refractivity contribution in [3.63, 3.8) is 0 Å². The Morgan fingerprint density at radius 1 is 1.42 bits per heavy atom. The minimum Gasteiger partial charge on any atom is -0.391 e. The van der Waals surface area contributed by atoms with Crippen LogP contribution in [0.4, 0.5) is 0 Å². The van der Waals surface area contributed by atoms with Gasteiger partial charge < -0.3 is 15.4 Å². The van der Waals surface area contributed by atoms with E-state index in [1.807, 2.05) is 19.9 Å². The predicted molar refractivity (Wildman–Crippen MR) is 76.5 cm³/mol. The Labute approximate surface area is 116 Å². The van der Waals surface area contributed by atoms with Crippen molar-refractivity contribution in [1.82, 2.24) is 10.3 Å². The van der Waals surface area contributed by atoms with Gasteiger partial charge in [0.15, 0.2) is 0 Å². The van der Waals surface area contributed by atoms with E-state index in [1.54, 1.807) is 18.2 Å². The molecule has 0 aliphatic carbocycles. The number of hydrogen-bond acceptors (Lipinski definition) is 2. The van der Waals surface area contributed by atoms with Gasteiger partial charge in [0.25, 0.3) is 5.91 Å². The van der Waals surface area contributed by atoms with Gasteiger partial charge in [0, 0.05) is 22.5 Å². The molecule has 3 N–H and O–H groups in total. The summed E-state index contributed by atoms with van der Waals surface area (Å²) in [5, 5.41) is 13.9. The maximum Gasteiger partial charge on any atom is 0.267 e. The van der Waals surface area contributed by atoms with Crippen molar-refractivity contribution in [2.45, 2.75) is 20.0 Å². The lowest BCUT2D eigenvalue weighted by atomic mass is 10.1. The minimum absolute atomic E-state index is 0.113. The van der Waals surface area contributed by atoms with Crippen LogP contribution in [-0.4, -0.2) is 28.6 Å². The highest BCUT2D eigenvalue weighted by Crippen LogP contribution is 2.19. The van der Waals surface area contributed by atoms with Gasteiger partial charge in [0.1, 0.15) is 5.69 Å². The first-order valence-corrected chi connectivity index (χ1v) is 6.59. The van der Waals surface area contributed by atoms with Gasteiger partial charge in [-0.15, -0.1) is 0 Å². The molecule has 0 bridgehead atoms. The first-order valence-electron chi connectivity index (χ1n) is 6.22. The molecule has 102 valence electrons. The summed E-state index contributed by atoms with van der Waals surface area (Å²) in [5.41, 5.74) is 1.29. The molecule has 1 heterocycles. The summed E-state index contributed by atoms with van der Waals surface area (Å²) in [6.07, 6.45) is -0.539. The van der Waals surface area contributed by atoms with Crippen molar-refractivity contribution in [2.24, 2.45) is 5.92 Å². The summed E-state index contributed by atoms with van der Waals surface area (Å²) in [7, 11) is 0. The van der Waals surface area contributed by atoms with Crippen LogP contribution in [0.2, 0.25) is 5.02 Å². The molecule has 4 nitrogen and oxygen atoms in total. The lowest BCUT2D eigenvalue weighted by molar-refractivity contribution is 0.0868. The number of rotatable bonds is 4. The number of nitrogens with one attached hydrogen (secondary N) is 2. The molecule has 0 saturated heterocycles. The fourth-order valence-electron chi connectivity index (χ4n) is 1.75. The van der Waals surface area contributed by atoms with Gasteiger partial charge in [0.05, 0.1) is 6.10 Å². The van der Waals surface area contributed by atoms with Crippen molar-refractivity contribution in [2.75, 3.05) is 6.54 Å². The molecule has 1 amide bonds. The van der Waals surface area contributed by atoms with E-state index < -0.39 is 6.10 Å². The van der Waals surface area contributed by atoms with Crippen LogP contribution in [0, 0.1) is 5.92 Å². The van der Waals surface area contributed by atoms with Crippen LogP contribution in [0.25, 0.3) is 10.9 Å². The number of benzene rings is 1. The standard InChI is InChI=1S/C14H17ClN2O2/c1-8(2)13(18)7-16-14(19)12-5-9-3-4-10(15)6-11(9)17-12/h3-6,8,13,17-18H,7H2,1-2H3,(H,16,19). The molecule has 19 heavy (non-hydrogen) atoms. The third-order valence-corrected chi connectivity index (χ3v) is 3.31. The highest BCUT2D eigenvalue weighted by Gasteiger charge is 2.13. The SMILES string of the molecule is CC(C)C(O)CNC(=O)c1cc2ccc(Cl)cc2[nH]1. The van der Waals surface area contributed by atoms with Crippen LogP contribution in [0.15, 0.2) is 24.3 Å². The van der Waals surface area contributed by atoms with Crippen molar-refractivity contribution < 1.29 is 9.90 Å². The molecule has 1 unspecified atom stereocenters. The molecular formula is C14H17ClN2O2. The smallest absolute Gasteiger partial charge is 0.267 e. The van der Waals surface area contributed by atoms with Crippen LogP contribution in [0.5, 0.6) is 0 Å². The van der Waals surface area contributed by atoms with E-state index in [9.17, 15) is 9.90 Å². The molecule has 0 fully saturated rings. The summed E-state index contributed by atoms with van der Waals surface area (Å²) < 4.78 is 0. The van der Waals surface area contributed by atoms with Crippen LogP contribution in [0.1, 0.15) is 24.3 Å². The van der Waals surface area contributed by atoms with Gasteiger partial charge in [-0.05, 0) is 24.1 Å². The fourth-order valence-corrected chi connectivity index (χ4v) is 1.92. The Balaban J connectivity index is 2.09. The number of carbonyl (C=O) groups is 1. The van der Waals surface area contributed by atoms with E-state index in [4.69, 9.17) is 11.6 Å². The monoisotopic (exact) mass is 280 g/mol. The summed E-state index contributed by atoms with van der Waals surface area (Å²) in [4.78, 5) is 15.0. The number of fused-ring (bicyclic) bond motifs is 1. The molecule has 5 heteroatoms. The van der Waals surface area contributed by atoms with Crippen molar-refractivity contribution in [3.05, 3.63) is 35.0 Å². The lowest BCUT2D eigenvalue weighted by Gasteiger charge is -2.14. The highest BCUT2D eigenvalue weighted by atomic mass is 35.5. The number of amides is 1. The first kappa shape index (κ1) is 13.9. The zero-order valence-electron chi connectivity index (χ0n) is 10.9. The number of H-pyrrole nitrogens is 1. The summed E-state index contributed by atoms with van der Waals surface area (Å²) >= 11 is 5.89. The number of aromatic amines is 1. The molecule has 1 aromatic heterocycles. The van der Waals surface area contributed by atoms with Crippen LogP contribution in [-0.2, 0) is 0 Å². The first-order chi connectivity index (χ1) is 8.97. The largest absolute Gasteiger partial charge is 0.391 e. The molecule has 0 aliphatic rings. The lowest BCUT2D eigenvalue weighted by Crippen LogP contribution is -2.34. The minimum atomic E-state index is -0.539. The molecule has 1 aromatic carbocycles. The zero-order valence-corrected chi connectivity index (χ0v) is 11.7. The number of halogens is 1. The van der Waals surface area contributed by atoms with Crippen molar-refractivity contribution in [3.8, 4) is 0 Å². The topological polar surface area (TPSA) is 65.1 Å².